The SMILES string of the molecule is [2H]C([2H])([2H])[n+]1cn(-c2cc(Oc3cc(C(C)(C)C)c4c5ccccc5n(-c5cc(C(C)(C)C)ccn5)c4c3)cc(C(C)(C)C)c2)c2ccccc21. The summed E-state index contributed by atoms with van der Waals surface area (Å²) in [6.07, 6.45) is 3.58. The van der Waals surface area contributed by atoms with E-state index in [1.54, 1.807) is 6.33 Å². The van der Waals surface area contributed by atoms with Crippen molar-refractivity contribution in [2.75, 3.05) is 0 Å². The predicted molar refractivity (Wildman–Crippen MR) is 199 cm³/mol. The van der Waals surface area contributed by atoms with Gasteiger partial charge in [0.05, 0.1) is 22.1 Å². The quantitative estimate of drug-likeness (QED) is 0.180. The third kappa shape index (κ3) is 5.55. The summed E-state index contributed by atoms with van der Waals surface area (Å²) in [5.74, 6) is 2.26. The molecule has 0 aliphatic rings. The minimum Gasteiger partial charge on any atom is -0.457 e. The molecule has 0 unspecified atom stereocenters. The molecule has 0 amide bonds. The zero-order chi connectivity index (χ0) is 36.7. The van der Waals surface area contributed by atoms with E-state index in [1.807, 2.05) is 41.1 Å². The molecule has 7 rings (SSSR count). The van der Waals surface area contributed by atoms with E-state index in [0.29, 0.717) is 11.3 Å². The fourth-order valence-corrected chi connectivity index (χ4v) is 6.64. The third-order valence-electron chi connectivity index (χ3n) is 9.30. The van der Waals surface area contributed by atoms with E-state index >= 15 is 0 Å². The Bertz CT molecular complexity index is 2450. The smallest absolute Gasteiger partial charge is 0.249 e. The first-order valence-corrected chi connectivity index (χ1v) is 16.7. The second-order valence-electron chi connectivity index (χ2n) is 16.0. The van der Waals surface area contributed by atoms with Crippen LogP contribution in [0, 0.1) is 0 Å². The van der Waals surface area contributed by atoms with Gasteiger partial charge in [0.25, 0.3) is 0 Å². The molecule has 0 bridgehead atoms. The molecule has 5 heteroatoms. The van der Waals surface area contributed by atoms with Gasteiger partial charge in [-0.1, -0.05) is 92.6 Å². The number of rotatable bonds is 4. The summed E-state index contributed by atoms with van der Waals surface area (Å²) in [7, 11) is 0. The van der Waals surface area contributed by atoms with Gasteiger partial charge in [-0.25, -0.2) is 9.55 Å². The molecule has 0 saturated carbocycles. The van der Waals surface area contributed by atoms with Crippen molar-refractivity contribution in [1.82, 2.24) is 14.1 Å². The highest BCUT2D eigenvalue weighted by Crippen LogP contribution is 2.43. The molecular weight excluding hydrogens is 589 g/mol. The van der Waals surface area contributed by atoms with Crippen LogP contribution in [0.4, 0.5) is 0 Å². The summed E-state index contributed by atoms with van der Waals surface area (Å²) in [5.41, 5.74) is 7.41. The fourth-order valence-electron chi connectivity index (χ4n) is 6.64. The number of hydrogen-bond donors (Lipinski definition) is 0. The van der Waals surface area contributed by atoms with Crippen LogP contribution in [-0.4, -0.2) is 14.1 Å². The van der Waals surface area contributed by atoms with Crippen LogP contribution in [-0.2, 0) is 23.2 Å². The Kier molecular flexibility index (Phi) is 6.50. The molecule has 244 valence electrons. The van der Waals surface area contributed by atoms with Gasteiger partial charge in [-0.2, -0.15) is 4.57 Å². The first kappa shape index (κ1) is 28.1. The molecular formula is C43H47N4O+. The van der Waals surface area contributed by atoms with E-state index in [0.717, 1.165) is 39.4 Å². The Morgan fingerprint density at radius 1 is 0.667 bits per heavy atom. The molecule has 0 aliphatic heterocycles. The van der Waals surface area contributed by atoms with E-state index in [-0.39, 0.29) is 16.2 Å². The first-order chi connectivity index (χ1) is 23.8. The molecule has 0 fully saturated rings. The average Bonchev–Trinajstić information content (AvgIpc) is 3.60. The molecule has 0 radical (unpaired) electrons. The van der Waals surface area contributed by atoms with Crippen molar-refractivity contribution in [1.29, 1.82) is 0 Å². The van der Waals surface area contributed by atoms with Crippen LogP contribution in [0.5, 0.6) is 11.5 Å². The lowest BCUT2D eigenvalue weighted by atomic mass is 9.84. The molecule has 0 N–H and O–H groups in total. The van der Waals surface area contributed by atoms with Crippen LogP contribution in [0.15, 0.2) is 104 Å². The second-order valence-corrected chi connectivity index (χ2v) is 16.0. The van der Waals surface area contributed by atoms with Gasteiger partial charge < -0.3 is 4.74 Å². The molecule has 0 saturated heterocycles. The minimum absolute atomic E-state index is 0.0368. The Balaban J connectivity index is 1.46. The molecule has 0 spiro atoms. The number of imidazole rings is 1. The number of para-hydroxylation sites is 3. The van der Waals surface area contributed by atoms with Crippen LogP contribution >= 0.6 is 0 Å². The topological polar surface area (TPSA) is 35.9 Å². The second kappa shape index (κ2) is 11.1. The summed E-state index contributed by atoms with van der Waals surface area (Å²) in [5, 5.41) is 2.36. The molecule has 0 atom stereocenters. The van der Waals surface area contributed by atoms with Crippen molar-refractivity contribution < 1.29 is 13.4 Å². The molecule has 48 heavy (non-hydrogen) atoms. The van der Waals surface area contributed by atoms with E-state index in [2.05, 4.69) is 128 Å². The summed E-state index contributed by atoms with van der Waals surface area (Å²) in [6.45, 7) is 17.6. The van der Waals surface area contributed by atoms with Crippen LogP contribution < -0.4 is 9.30 Å². The van der Waals surface area contributed by atoms with Crippen molar-refractivity contribution in [2.24, 2.45) is 6.98 Å². The number of aryl methyl sites for hydroxylation is 1. The van der Waals surface area contributed by atoms with Crippen LogP contribution in [0.25, 0.3) is 44.3 Å². The fraction of sp³-hybridized carbons (Fsp3) is 0.302. The Morgan fingerprint density at radius 2 is 1.35 bits per heavy atom. The van der Waals surface area contributed by atoms with Crippen molar-refractivity contribution >= 4 is 32.8 Å². The number of hydrogen-bond acceptors (Lipinski definition) is 2. The van der Waals surface area contributed by atoms with Crippen molar-refractivity contribution in [3.63, 3.8) is 0 Å². The number of aromatic nitrogens is 4. The number of benzene rings is 4. The standard InChI is InChI=1S/C43H47N4O/c1-41(2,3)28-19-20-44-39(23-28)47-35-16-12-11-15-33(35)40-34(43(7,8)9)25-32(26-38(40)47)48-31-22-29(42(4,5)6)21-30(24-31)46-27-45(10)36-17-13-14-18-37(36)46/h11-27H,1-10H3/q+1/i10D3. The van der Waals surface area contributed by atoms with E-state index in [4.69, 9.17) is 13.8 Å². The first-order valence-electron chi connectivity index (χ1n) is 18.2. The normalized spacial score (nSPS) is 14.0. The molecule has 3 heterocycles. The molecule has 5 nitrogen and oxygen atoms in total. The maximum absolute atomic E-state index is 8.21. The van der Waals surface area contributed by atoms with Gasteiger partial charge in [-0.15, -0.1) is 0 Å². The van der Waals surface area contributed by atoms with Gasteiger partial charge in [0.2, 0.25) is 6.33 Å². The maximum atomic E-state index is 8.21. The van der Waals surface area contributed by atoms with Gasteiger partial charge in [0, 0.05) is 29.1 Å². The lowest BCUT2D eigenvalue weighted by molar-refractivity contribution is -0.645. The third-order valence-corrected chi connectivity index (χ3v) is 9.30. The van der Waals surface area contributed by atoms with Crippen molar-refractivity contribution in [2.45, 2.75) is 78.6 Å². The minimum atomic E-state index is -2.33. The maximum Gasteiger partial charge on any atom is 0.249 e. The van der Waals surface area contributed by atoms with Gasteiger partial charge in [-0.05, 0) is 81.5 Å². The van der Waals surface area contributed by atoms with Gasteiger partial charge in [-0.3, -0.25) is 4.57 Å². The van der Waals surface area contributed by atoms with E-state index < -0.39 is 6.98 Å². The number of fused-ring (bicyclic) bond motifs is 4. The van der Waals surface area contributed by atoms with E-state index in [1.165, 1.54) is 26.5 Å². The molecule has 0 aliphatic carbocycles. The van der Waals surface area contributed by atoms with Crippen molar-refractivity contribution in [3.05, 3.63) is 120 Å². The van der Waals surface area contributed by atoms with Gasteiger partial charge >= 0.3 is 0 Å². The highest BCUT2D eigenvalue weighted by Gasteiger charge is 2.26. The van der Waals surface area contributed by atoms with Crippen LogP contribution in [0.1, 0.15) is 83.1 Å². The lowest BCUT2D eigenvalue weighted by Gasteiger charge is -2.23. The zero-order valence-corrected chi connectivity index (χ0v) is 29.5. The molecule has 4 aromatic carbocycles. The highest BCUT2D eigenvalue weighted by atomic mass is 16.5. The van der Waals surface area contributed by atoms with Crippen LogP contribution in [0.2, 0.25) is 0 Å². The Hall–Kier alpha value is -4.90. The van der Waals surface area contributed by atoms with Gasteiger partial charge in [0.1, 0.15) is 23.0 Å². The molecule has 7 aromatic rings. The number of nitrogens with zero attached hydrogens (tertiary/aromatic N) is 4. The number of pyridine rings is 1. The zero-order valence-electron chi connectivity index (χ0n) is 32.5. The summed E-state index contributed by atoms with van der Waals surface area (Å²) < 4.78 is 37.1. The monoisotopic (exact) mass is 638 g/mol. The van der Waals surface area contributed by atoms with Crippen molar-refractivity contribution in [3.8, 4) is 23.0 Å². The van der Waals surface area contributed by atoms with Crippen LogP contribution in [0.3, 0.4) is 0 Å². The highest BCUT2D eigenvalue weighted by molar-refractivity contribution is 6.11. The average molecular weight is 639 g/mol. The largest absolute Gasteiger partial charge is 0.457 e. The predicted octanol–water partition coefficient (Wildman–Crippen LogP) is 10.6. The molecule has 3 aromatic heterocycles. The Labute approximate surface area is 288 Å². The summed E-state index contributed by atoms with van der Waals surface area (Å²) in [4.78, 5) is 4.91. The van der Waals surface area contributed by atoms with E-state index in [9.17, 15) is 0 Å². The summed E-state index contributed by atoms with van der Waals surface area (Å²) in [6, 6.07) is 31.0. The Morgan fingerprint density at radius 3 is 2.06 bits per heavy atom. The lowest BCUT2D eigenvalue weighted by Crippen LogP contribution is -2.25. The van der Waals surface area contributed by atoms with Gasteiger partial charge in [0.15, 0.2) is 11.0 Å². The summed E-state index contributed by atoms with van der Waals surface area (Å²) >= 11 is 0. The number of ether oxygens (including phenoxy) is 1.